The number of rotatable bonds is 1. The van der Waals surface area contributed by atoms with Crippen molar-refractivity contribution in [3.63, 3.8) is 0 Å². The van der Waals surface area contributed by atoms with Crippen molar-refractivity contribution < 1.29 is 14.3 Å². The van der Waals surface area contributed by atoms with Crippen LogP contribution in [-0.4, -0.2) is 20.9 Å². The van der Waals surface area contributed by atoms with Crippen LogP contribution in [0.15, 0.2) is 0 Å². The van der Waals surface area contributed by atoms with Gasteiger partial charge >= 0.3 is 5.97 Å². The maximum absolute atomic E-state index is 12.6. The van der Waals surface area contributed by atoms with Gasteiger partial charge in [0, 0.05) is 7.05 Å². The summed E-state index contributed by atoms with van der Waals surface area (Å²) >= 11 is 0. The number of hydrogen-bond donors (Lipinski definition) is 1. The van der Waals surface area contributed by atoms with Crippen molar-refractivity contribution in [3.05, 3.63) is 17.2 Å². The molecule has 11 heavy (non-hydrogen) atoms. The molecule has 0 unspecified atom stereocenters. The number of carbonyl (C=O) groups is 1. The zero-order chi connectivity index (χ0) is 8.59. The van der Waals surface area contributed by atoms with E-state index in [1.807, 2.05) is 0 Å². The second-order valence-corrected chi connectivity index (χ2v) is 2.18. The molecule has 0 atom stereocenters. The zero-order valence-corrected chi connectivity index (χ0v) is 6.13. The summed E-state index contributed by atoms with van der Waals surface area (Å²) in [5.41, 5.74) is -0.0394. The van der Waals surface area contributed by atoms with Crippen LogP contribution in [0, 0.1) is 12.9 Å². The first-order valence-corrected chi connectivity index (χ1v) is 2.96. The Morgan fingerprint density at radius 1 is 1.73 bits per heavy atom. The van der Waals surface area contributed by atoms with Gasteiger partial charge < -0.3 is 5.11 Å². The van der Waals surface area contributed by atoms with Gasteiger partial charge in [0.15, 0.2) is 0 Å². The van der Waals surface area contributed by atoms with E-state index in [-0.39, 0.29) is 5.56 Å². The average molecular weight is 158 g/mol. The molecule has 0 amide bonds. The van der Waals surface area contributed by atoms with Crippen molar-refractivity contribution in [3.8, 4) is 0 Å². The molecule has 0 aromatic carbocycles. The third-order valence-corrected chi connectivity index (χ3v) is 1.51. The molecule has 0 aliphatic heterocycles. The van der Waals surface area contributed by atoms with Gasteiger partial charge in [-0.3, -0.25) is 4.68 Å². The molecule has 0 fully saturated rings. The van der Waals surface area contributed by atoms with Crippen molar-refractivity contribution in [1.29, 1.82) is 0 Å². The Morgan fingerprint density at radius 2 is 2.27 bits per heavy atom. The normalized spacial score (nSPS) is 10.1. The molecule has 1 N–H and O–H groups in total. The molecular weight excluding hydrogens is 151 g/mol. The van der Waals surface area contributed by atoms with Gasteiger partial charge in [-0.2, -0.15) is 4.39 Å². The fraction of sp³-hybridized carbons (Fsp3) is 0.333. The lowest BCUT2D eigenvalue weighted by Crippen LogP contribution is -2.00. The molecule has 4 nitrogen and oxygen atoms in total. The van der Waals surface area contributed by atoms with E-state index in [2.05, 4.69) is 5.10 Å². The van der Waals surface area contributed by atoms with E-state index in [0.717, 1.165) is 0 Å². The fourth-order valence-corrected chi connectivity index (χ4v) is 0.811. The van der Waals surface area contributed by atoms with Crippen LogP contribution < -0.4 is 0 Å². The smallest absolute Gasteiger partial charge is 0.342 e. The van der Waals surface area contributed by atoms with E-state index in [4.69, 9.17) is 5.11 Å². The largest absolute Gasteiger partial charge is 0.477 e. The highest BCUT2D eigenvalue weighted by Crippen LogP contribution is 2.09. The minimum Gasteiger partial charge on any atom is -0.477 e. The molecule has 5 heteroatoms. The maximum Gasteiger partial charge on any atom is 0.342 e. The summed E-state index contributed by atoms with van der Waals surface area (Å²) < 4.78 is 13.8. The predicted molar refractivity (Wildman–Crippen MR) is 34.9 cm³/mol. The zero-order valence-electron chi connectivity index (χ0n) is 6.13. The highest BCUT2D eigenvalue weighted by atomic mass is 19.1. The van der Waals surface area contributed by atoms with Gasteiger partial charge in [-0.15, -0.1) is 5.10 Å². The van der Waals surface area contributed by atoms with Crippen molar-refractivity contribution in [1.82, 2.24) is 9.78 Å². The van der Waals surface area contributed by atoms with Crippen LogP contribution in [0.5, 0.6) is 0 Å². The van der Waals surface area contributed by atoms with Gasteiger partial charge in [0.2, 0.25) is 5.95 Å². The lowest BCUT2D eigenvalue weighted by Gasteiger charge is -1.91. The number of halogens is 1. The fourth-order valence-electron chi connectivity index (χ4n) is 0.811. The van der Waals surface area contributed by atoms with E-state index >= 15 is 0 Å². The maximum atomic E-state index is 12.6. The standard InChI is InChI=1S/C6H7FN2O2/c1-3-4(6(10)11)5(7)8-9(3)2/h1-2H3,(H,10,11). The Labute approximate surface area is 62.3 Å². The van der Waals surface area contributed by atoms with Crippen LogP contribution in [0.1, 0.15) is 16.1 Å². The molecule has 1 aromatic heterocycles. The minimum atomic E-state index is -1.28. The molecule has 0 saturated heterocycles. The molecule has 0 radical (unpaired) electrons. The van der Waals surface area contributed by atoms with E-state index in [0.29, 0.717) is 5.69 Å². The number of aryl methyl sites for hydroxylation is 1. The van der Waals surface area contributed by atoms with Crippen LogP contribution in [0.4, 0.5) is 4.39 Å². The summed E-state index contributed by atoms with van der Waals surface area (Å²) in [6, 6.07) is 0. The first-order valence-electron chi connectivity index (χ1n) is 2.96. The number of aromatic nitrogens is 2. The number of carboxylic acid groups (broad SMARTS) is 1. The van der Waals surface area contributed by atoms with Gasteiger partial charge in [0.05, 0.1) is 5.69 Å². The number of aromatic carboxylic acids is 1. The first kappa shape index (κ1) is 7.71. The molecule has 0 aliphatic rings. The Kier molecular flexibility index (Phi) is 1.64. The van der Waals surface area contributed by atoms with Crippen molar-refractivity contribution in [2.75, 3.05) is 0 Å². The Hall–Kier alpha value is -1.39. The van der Waals surface area contributed by atoms with Gasteiger partial charge in [0.1, 0.15) is 5.56 Å². The molecule has 1 aromatic rings. The second-order valence-electron chi connectivity index (χ2n) is 2.18. The van der Waals surface area contributed by atoms with Crippen molar-refractivity contribution in [2.24, 2.45) is 7.05 Å². The first-order chi connectivity index (χ1) is 5.04. The second kappa shape index (κ2) is 2.34. The third kappa shape index (κ3) is 1.09. The van der Waals surface area contributed by atoms with E-state index in [1.165, 1.54) is 18.7 Å². The summed E-state index contributed by atoms with van der Waals surface area (Å²) in [6.45, 7) is 1.50. The molecule has 0 bridgehead atoms. The third-order valence-electron chi connectivity index (χ3n) is 1.51. The topological polar surface area (TPSA) is 55.1 Å². The van der Waals surface area contributed by atoms with E-state index < -0.39 is 11.9 Å². The van der Waals surface area contributed by atoms with Gasteiger partial charge in [0.25, 0.3) is 0 Å². The average Bonchev–Trinajstić information content (AvgIpc) is 2.07. The van der Waals surface area contributed by atoms with E-state index in [1.54, 1.807) is 0 Å². The lowest BCUT2D eigenvalue weighted by atomic mass is 10.2. The molecule has 1 rings (SSSR count). The Bertz CT molecular complexity index is 306. The molecule has 60 valence electrons. The highest BCUT2D eigenvalue weighted by molar-refractivity contribution is 5.88. The summed E-state index contributed by atoms with van der Waals surface area (Å²) in [5.74, 6) is -2.22. The van der Waals surface area contributed by atoms with Crippen LogP contribution in [-0.2, 0) is 7.05 Å². The molecule has 1 heterocycles. The van der Waals surface area contributed by atoms with Crippen LogP contribution in [0.2, 0.25) is 0 Å². The quantitative estimate of drug-likeness (QED) is 0.649. The minimum absolute atomic E-state index is 0.315. The predicted octanol–water partition coefficient (Wildman–Crippen LogP) is 0.566. The van der Waals surface area contributed by atoms with Gasteiger partial charge in [-0.25, -0.2) is 4.79 Å². The SMILES string of the molecule is Cc1c(C(=O)O)c(F)nn1C. The lowest BCUT2D eigenvalue weighted by molar-refractivity contribution is 0.0691. The van der Waals surface area contributed by atoms with Crippen LogP contribution in [0.3, 0.4) is 0 Å². The van der Waals surface area contributed by atoms with Crippen LogP contribution in [0.25, 0.3) is 0 Å². The number of nitrogens with zero attached hydrogens (tertiary/aromatic N) is 2. The van der Waals surface area contributed by atoms with Gasteiger partial charge in [-0.1, -0.05) is 0 Å². The summed E-state index contributed by atoms with van der Waals surface area (Å²) in [4.78, 5) is 10.4. The number of carboxylic acids is 1. The van der Waals surface area contributed by atoms with Crippen molar-refractivity contribution >= 4 is 5.97 Å². The molecule has 0 spiro atoms. The molecule has 0 aliphatic carbocycles. The molecular formula is C6H7FN2O2. The monoisotopic (exact) mass is 158 g/mol. The van der Waals surface area contributed by atoms with E-state index in [9.17, 15) is 9.18 Å². The Morgan fingerprint density at radius 3 is 2.45 bits per heavy atom. The molecule has 0 saturated carbocycles. The highest BCUT2D eigenvalue weighted by Gasteiger charge is 2.18. The van der Waals surface area contributed by atoms with Crippen molar-refractivity contribution in [2.45, 2.75) is 6.92 Å². The summed E-state index contributed by atoms with van der Waals surface area (Å²) in [7, 11) is 1.49. The van der Waals surface area contributed by atoms with Crippen LogP contribution >= 0.6 is 0 Å². The summed E-state index contributed by atoms with van der Waals surface area (Å²) in [6.07, 6.45) is 0. The van der Waals surface area contributed by atoms with Gasteiger partial charge in [-0.05, 0) is 6.92 Å². The number of hydrogen-bond acceptors (Lipinski definition) is 2. The Balaban J connectivity index is 3.34. The summed E-state index contributed by atoms with van der Waals surface area (Å²) in [5, 5.41) is 11.8.